The highest BCUT2D eigenvalue weighted by atomic mass is 32.2. The van der Waals surface area contributed by atoms with Gasteiger partial charge in [0, 0.05) is 11.3 Å². The average molecular weight is 241 g/mol. The summed E-state index contributed by atoms with van der Waals surface area (Å²) in [6.45, 7) is 7.99. The molecular weight excluding hydrogens is 222 g/mol. The quantitative estimate of drug-likeness (QED) is 0.861. The average Bonchev–Trinajstić information content (AvgIpc) is 2.61. The van der Waals surface area contributed by atoms with E-state index in [1.807, 2.05) is 23.1 Å². The Morgan fingerprint density at radius 1 is 1.53 bits per heavy atom. The maximum atomic E-state index is 3.69. The van der Waals surface area contributed by atoms with Crippen molar-refractivity contribution >= 4 is 23.1 Å². The van der Waals surface area contributed by atoms with Crippen molar-refractivity contribution in [1.29, 1.82) is 0 Å². The Morgan fingerprint density at radius 3 is 3.07 bits per heavy atom. The fourth-order valence-electron chi connectivity index (χ4n) is 1.92. The summed E-state index contributed by atoms with van der Waals surface area (Å²) in [5.74, 6) is 0.733. The number of nitrogens with one attached hydrogen (secondary N) is 1. The molecule has 0 saturated heterocycles. The predicted molar refractivity (Wildman–Crippen MR) is 69.8 cm³/mol. The van der Waals surface area contributed by atoms with Gasteiger partial charge in [-0.3, -0.25) is 0 Å². The van der Waals surface area contributed by atoms with Crippen molar-refractivity contribution < 1.29 is 0 Å². The molecule has 0 aromatic carbocycles. The first-order valence-corrected chi connectivity index (χ1v) is 7.40. The topological polar surface area (TPSA) is 12.0 Å². The lowest BCUT2D eigenvalue weighted by molar-refractivity contribution is 0.446. The van der Waals surface area contributed by atoms with Crippen molar-refractivity contribution in [3.05, 3.63) is 17.0 Å². The summed E-state index contributed by atoms with van der Waals surface area (Å²) >= 11 is 3.93. The van der Waals surface area contributed by atoms with E-state index in [-0.39, 0.29) is 0 Å². The molecule has 1 N–H and O–H groups in total. The van der Waals surface area contributed by atoms with Crippen LogP contribution in [0.4, 0.5) is 0 Å². The zero-order valence-corrected chi connectivity index (χ0v) is 11.3. The fraction of sp³-hybridized carbons (Fsp3) is 0.667. The normalized spacial score (nSPS) is 25.6. The lowest BCUT2D eigenvalue weighted by atomic mass is 10.0. The van der Waals surface area contributed by atoms with Crippen LogP contribution in [-0.4, -0.2) is 11.8 Å². The van der Waals surface area contributed by atoms with E-state index in [2.05, 4.69) is 37.5 Å². The minimum absolute atomic E-state index is 0.588. The van der Waals surface area contributed by atoms with E-state index in [4.69, 9.17) is 0 Å². The lowest BCUT2D eigenvalue weighted by Gasteiger charge is -2.28. The molecule has 0 radical (unpaired) electrons. The first kappa shape index (κ1) is 11.5. The molecule has 2 rings (SSSR count). The molecule has 0 fully saturated rings. The highest BCUT2D eigenvalue weighted by Gasteiger charge is 2.25. The predicted octanol–water partition coefficient (Wildman–Crippen LogP) is 3.92. The molecule has 1 unspecified atom stereocenters. The second kappa shape index (κ2) is 4.89. The van der Waals surface area contributed by atoms with Gasteiger partial charge in [-0.1, -0.05) is 20.8 Å². The summed E-state index contributed by atoms with van der Waals surface area (Å²) < 4.78 is 1.52. The smallest absolute Gasteiger partial charge is 0.0649 e. The minimum Gasteiger partial charge on any atom is -0.310 e. The lowest BCUT2D eigenvalue weighted by Crippen LogP contribution is -2.29. The third kappa shape index (κ3) is 2.77. The fourth-order valence-corrected chi connectivity index (χ4v) is 4.49. The summed E-state index contributed by atoms with van der Waals surface area (Å²) in [4.78, 5) is 0. The summed E-state index contributed by atoms with van der Waals surface area (Å²) in [5.41, 5.74) is 1.53. The molecule has 2 atom stereocenters. The van der Waals surface area contributed by atoms with Crippen molar-refractivity contribution in [3.63, 3.8) is 0 Å². The third-order valence-electron chi connectivity index (χ3n) is 2.68. The van der Waals surface area contributed by atoms with Gasteiger partial charge in [0.25, 0.3) is 0 Å². The summed E-state index contributed by atoms with van der Waals surface area (Å²) in [6.07, 6.45) is 1.27. The zero-order valence-electron chi connectivity index (χ0n) is 9.62. The van der Waals surface area contributed by atoms with E-state index in [0.29, 0.717) is 6.04 Å². The molecule has 0 spiro atoms. The Morgan fingerprint density at radius 2 is 2.33 bits per heavy atom. The van der Waals surface area contributed by atoms with Crippen LogP contribution in [0.15, 0.2) is 15.7 Å². The van der Waals surface area contributed by atoms with E-state index >= 15 is 0 Å². The van der Waals surface area contributed by atoms with Crippen molar-refractivity contribution in [2.45, 2.75) is 42.7 Å². The van der Waals surface area contributed by atoms with Crippen LogP contribution in [0.1, 0.15) is 38.8 Å². The second-order valence-electron chi connectivity index (χ2n) is 4.68. The number of rotatable bonds is 3. The van der Waals surface area contributed by atoms with Gasteiger partial charge in [-0.25, -0.2) is 0 Å². The molecular formula is C12H19NS2. The van der Waals surface area contributed by atoms with Crippen LogP contribution in [-0.2, 0) is 0 Å². The minimum atomic E-state index is 0.588. The largest absolute Gasteiger partial charge is 0.310 e. The van der Waals surface area contributed by atoms with Gasteiger partial charge in [0.05, 0.1) is 4.21 Å². The Kier molecular flexibility index (Phi) is 3.75. The van der Waals surface area contributed by atoms with Crippen LogP contribution in [0.2, 0.25) is 0 Å². The Hall–Kier alpha value is 0.0100. The highest BCUT2D eigenvalue weighted by molar-refractivity contribution is 8.01. The van der Waals surface area contributed by atoms with Crippen LogP contribution < -0.4 is 5.32 Å². The van der Waals surface area contributed by atoms with Crippen molar-refractivity contribution in [3.8, 4) is 0 Å². The molecule has 0 bridgehead atoms. The Balaban J connectivity index is 2.06. The summed E-state index contributed by atoms with van der Waals surface area (Å²) in [5, 5.41) is 6.66. The standard InChI is InChI=1S/C12H19NS2/c1-8(2)7-13-11-6-9(3)15-12-10(11)4-5-14-12/h4-5,8-9,11,13H,6-7H2,1-3H3/t9-,11?/m0/s1. The van der Waals surface area contributed by atoms with E-state index in [0.717, 1.165) is 17.7 Å². The Labute approximate surface area is 101 Å². The molecule has 1 nitrogen and oxygen atoms in total. The molecule has 1 aromatic heterocycles. The zero-order chi connectivity index (χ0) is 10.8. The second-order valence-corrected chi connectivity index (χ2v) is 7.31. The first-order valence-electron chi connectivity index (χ1n) is 5.64. The highest BCUT2D eigenvalue weighted by Crippen LogP contribution is 2.43. The van der Waals surface area contributed by atoms with E-state index < -0.39 is 0 Å². The summed E-state index contributed by atoms with van der Waals surface area (Å²) in [6, 6.07) is 2.88. The Bertz CT molecular complexity index is 319. The molecule has 0 saturated carbocycles. The molecule has 0 aliphatic carbocycles. The van der Waals surface area contributed by atoms with Crippen molar-refractivity contribution in [2.24, 2.45) is 5.92 Å². The van der Waals surface area contributed by atoms with Gasteiger partial charge in [-0.2, -0.15) is 0 Å². The molecule has 84 valence electrons. The maximum Gasteiger partial charge on any atom is 0.0649 e. The van der Waals surface area contributed by atoms with Gasteiger partial charge in [0.15, 0.2) is 0 Å². The van der Waals surface area contributed by atoms with Gasteiger partial charge >= 0.3 is 0 Å². The summed E-state index contributed by atoms with van der Waals surface area (Å²) in [7, 11) is 0. The molecule has 2 heterocycles. The monoisotopic (exact) mass is 241 g/mol. The molecule has 3 heteroatoms. The van der Waals surface area contributed by atoms with Crippen LogP contribution in [0.3, 0.4) is 0 Å². The molecule has 1 aliphatic heterocycles. The number of fused-ring (bicyclic) bond motifs is 1. The van der Waals surface area contributed by atoms with E-state index in [9.17, 15) is 0 Å². The van der Waals surface area contributed by atoms with Crippen LogP contribution >= 0.6 is 23.1 Å². The molecule has 0 amide bonds. The van der Waals surface area contributed by atoms with Gasteiger partial charge in [-0.15, -0.1) is 23.1 Å². The third-order valence-corrected chi connectivity index (χ3v) is 5.03. The molecule has 15 heavy (non-hydrogen) atoms. The number of thiophene rings is 1. The van der Waals surface area contributed by atoms with Crippen molar-refractivity contribution in [1.82, 2.24) is 5.32 Å². The molecule has 1 aliphatic rings. The molecule has 1 aromatic rings. The van der Waals surface area contributed by atoms with Gasteiger partial charge in [0.1, 0.15) is 0 Å². The number of hydrogen-bond donors (Lipinski definition) is 1. The maximum absolute atomic E-state index is 3.69. The number of thioether (sulfide) groups is 1. The van der Waals surface area contributed by atoms with Crippen LogP contribution in [0, 0.1) is 5.92 Å². The van der Waals surface area contributed by atoms with E-state index in [1.54, 1.807) is 0 Å². The van der Waals surface area contributed by atoms with Crippen LogP contribution in [0.5, 0.6) is 0 Å². The first-order chi connectivity index (χ1) is 7.16. The van der Waals surface area contributed by atoms with Gasteiger partial charge in [-0.05, 0) is 35.9 Å². The van der Waals surface area contributed by atoms with Gasteiger partial charge in [0.2, 0.25) is 0 Å². The SMILES string of the molecule is CC(C)CNC1C[C@H](C)Sc2sccc21. The van der Waals surface area contributed by atoms with Crippen LogP contribution in [0.25, 0.3) is 0 Å². The van der Waals surface area contributed by atoms with E-state index in [1.165, 1.54) is 16.2 Å². The van der Waals surface area contributed by atoms with Crippen molar-refractivity contribution in [2.75, 3.05) is 6.54 Å². The van der Waals surface area contributed by atoms with Gasteiger partial charge < -0.3 is 5.32 Å². The number of hydrogen-bond acceptors (Lipinski definition) is 3.